The average Bonchev–Trinajstić information content (AvgIpc) is 2.44. The largest absolute Gasteiger partial charge is 0.383 e. The number of ketones is 1. The lowest BCUT2D eigenvalue weighted by Gasteiger charge is -1.99. The second-order valence-corrected chi connectivity index (χ2v) is 3.45. The molecule has 0 spiro atoms. The quantitative estimate of drug-likeness (QED) is 0.582. The Balaban J connectivity index is 2.70. The molecule has 0 saturated carbocycles. The maximum absolute atomic E-state index is 11.6. The van der Waals surface area contributed by atoms with Crippen molar-refractivity contribution in [2.24, 2.45) is 7.05 Å². The van der Waals surface area contributed by atoms with E-state index in [0.29, 0.717) is 24.2 Å². The van der Waals surface area contributed by atoms with Gasteiger partial charge < -0.3 is 5.73 Å². The molecule has 4 heteroatoms. The Morgan fingerprint density at radius 3 is 2.71 bits per heavy atom. The van der Waals surface area contributed by atoms with Crippen LogP contribution in [0.25, 0.3) is 0 Å². The number of hydrogen-bond acceptors (Lipinski definition) is 3. The van der Waals surface area contributed by atoms with Crippen molar-refractivity contribution < 1.29 is 4.79 Å². The molecule has 0 atom stereocenters. The molecule has 76 valence electrons. The first kappa shape index (κ1) is 10.5. The summed E-state index contributed by atoms with van der Waals surface area (Å²) in [4.78, 5) is 11.6. The summed E-state index contributed by atoms with van der Waals surface area (Å²) in [6, 6.07) is 0. The van der Waals surface area contributed by atoms with Gasteiger partial charge in [0, 0.05) is 13.5 Å². The number of carbonyl (C=O) groups is 1. The molecule has 0 aliphatic carbocycles. The highest BCUT2D eigenvalue weighted by Crippen LogP contribution is 2.14. The summed E-state index contributed by atoms with van der Waals surface area (Å²) in [6.45, 7) is 5.65. The van der Waals surface area contributed by atoms with E-state index < -0.39 is 0 Å². The van der Waals surface area contributed by atoms with Gasteiger partial charge in [-0.2, -0.15) is 5.10 Å². The predicted octanol–water partition coefficient (Wildman–Crippen LogP) is 1.54. The highest BCUT2D eigenvalue weighted by Gasteiger charge is 2.12. The fourth-order valence-corrected chi connectivity index (χ4v) is 1.12. The summed E-state index contributed by atoms with van der Waals surface area (Å²) < 4.78 is 1.49. The molecule has 0 aliphatic rings. The highest BCUT2D eigenvalue weighted by molar-refractivity contribution is 5.99. The number of rotatable bonds is 4. The van der Waals surface area contributed by atoms with E-state index in [0.717, 1.165) is 5.57 Å². The van der Waals surface area contributed by atoms with E-state index in [-0.39, 0.29) is 5.78 Å². The van der Waals surface area contributed by atoms with Crippen LogP contribution in [-0.2, 0) is 7.05 Å². The van der Waals surface area contributed by atoms with Crippen LogP contribution in [0.2, 0.25) is 0 Å². The van der Waals surface area contributed by atoms with Gasteiger partial charge in [-0.3, -0.25) is 9.48 Å². The number of carbonyl (C=O) groups excluding carboxylic acids is 1. The SMILES string of the molecule is C=C(C)CCC(=O)c1cnn(C)c1N. The molecule has 0 radical (unpaired) electrons. The van der Waals surface area contributed by atoms with Crippen LogP contribution in [-0.4, -0.2) is 15.6 Å². The molecule has 0 fully saturated rings. The van der Waals surface area contributed by atoms with Crippen LogP contribution in [0.5, 0.6) is 0 Å². The molecule has 1 rings (SSSR count). The fraction of sp³-hybridized carbons (Fsp3) is 0.400. The maximum Gasteiger partial charge on any atom is 0.168 e. The van der Waals surface area contributed by atoms with E-state index in [9.17, 15) is 4.79 Å². The monoisotopic (exact) mass is 193 g/mol. The molecule has 0 amide bonds. The first-order valence-corrected chi connectivity index (χ1v) is 4.47. The minimum atomic E-state index is 0.0265. The number of nitrogens with zero attached hydrogens (tertiary/aromatic N) is 2. The van der Waals surface area contributed by atoms with Gasteiger partial charge in [-0.05, 0) is 13.3 Å². The summed E-state index contributed by atoms with van der Waals surface area (Å²) in [7, 11) is 1.71. The van der Waals surface area contributed by atoms with Crippen molar-refractivity contribution in [2.75, 3.05) is 5.73 Å². The summed E-state index contributed by atoms with van der Waals surface area (Å²) in [5, 5.41) is 3.91. The molecule has 1 aromatic heterocycles. The third-order valence-corrected chi connectivity index (χ3v) is 2.06. The van der Waals surface area contributed by atoms with Crippen molar-refractivity contribution in [3.8, 4) is 0 Å². The number of Topliss-reactive ketones (excluding diaryl/α,β-unsaturated/α-hetero) is 1. The smallest absolute Gasteiger partial charge is 0.168 e. The number of nitrogen functional groups attached to an aromatic ring is 1. The van der Waals surface area contributed by atoms with Gasteiger partial charge in [0.1, 0.15) is 5.82 Å². The van der Waals surface area contributed by atoms with Gasteiger partial charge in [0.25, 0.3) is 0 Å². The molecular formula is C10H15N3O. The van der Waals surface area contributed by atoms with Gasteiger partial charge in [-0.1, -0.05) is 5.57 Å². The van der Waals surface area contributed by atoms with Gasteiger partial charge >= 0.3 is 0 Å². The highest BCUT2D eigenvalue weighted by atomic mass is 16.1. The third-order valence-electron chi connectivity index (χ3n) is 2.06. The lowest BCUT2D eigenvalue weighted by atomic mass is 10.1. The number of aromatic nitrogens is 2. The zero-order valence-corrected chi connectivity index (χ0v) is 8.58. The van der Waals surface area contributed by atoms with Gasteiger partial charge in [-0.25, -0.2) is 0 Å². The van der Waals surface area contributed by atoms with E-state index in [4.69, 9.17) is 5.73 Å². The molecule has 0 saturated heterocycles. The molecular weight excluding hydrogens is 178 g/mol. The van der Waals surface area contributed by atoms with Gasteiger partial charge in [0.15, 0.2) is 5.78 Å². The van der Waals surface area contributed by atoms with E-state index in [2.05, 4.69) is 11.7 Å². The lowest BCUT2D eigenvalue weighted by molar-refractivity contribution is 0.0983. The normalized spacial score (nSPS) is 10.1. The predicted molar refractivity (Wildman–Crippen MR) is 56.0 cm³/mol. The van der Waals surface area contributed by atoms with Crippen molar-refractivity contribution in [1.82, 2.24) is 9.78 Å². The van der Waals surface area contributed by atoms with Crippen molar-refractivity contribution in [1.29, 1.82) is 0 Å². The van der Waals surface area contributed by atoms with E-state index in [1.165, 1.54) is 10.9 Å². The van der Waals surface area contributed by atoms with Crippen LogP contribution in [0.4, 0.5) is 5.82 Å². The minimum Gasteiger partial charge on any atom is -0.383 e. The van der Waals surface area contributed by atoms with Gasteiger partial charge in [-0.15, -0.1) is 6.58 Å². The van der Waals surface area contributed by atoms with Gasteiger partial charge in [0.2, 0.25) is 0 Å². The molecule has 0 bridgehead atoms. The topological polar surface area (TPSA) is 60.9 Å². The fourth-order valence-electron chi connectivity index (χ4n) is 1.12. The second-order valence-electron chi connectivity index (χ2n) is 3.45. The second kappa shape index (κ2) is 4.09. The zero-order valence-electron chi connectivity index (χ0n) is 8.58. The third kappa shape index (κ3) is 2.22. The van der Waals surface area contributed by atoms with Crippen molar-refractivity contribution in [3.63, 3.8) is 0 Å². The molecule has 4 nitrogen and oxygen atoms in total. The minimum absolute atomic E-state index is 0.0265. The molecule has 1 heterocycles. The molecule has 14 heavy (non-hydrogen) atoms. The van der Waals surface area contributed by atoms with Crippen molar-refractivity contribution in [3.05, 3.63) is 23.9 Å². The standard InChI is InChI=1S/C10H15N3O/c1-7(2)4-5-9(14)8-6-12-13(3)10(8)11/h6H,1,4-5,11H2,2-3H3. The van der Waals surface area contributed by atoms with E-state index >= 15 is 0 Å². The number of hydrogen-bond donors (Lipinski definition) is 1. The van der Waals surface area contributed by atoms with E-state index in [1.54, 1.807) is 7.05 Å². The van der Waals surface area contributed by atoms with Crippen LogP contribution >= 0.6 is 0 Å². The molecule has 0 aliphatic heterocycles. The number of nitrogens with two attached hydrogens (primary N) is 1. The number of aryl methyl sites for hydroxylation is 1. The maximum atomic E-state index is 11.6. The Morgan fingerprint density at radius 1 is 1.64 bits per heavy atom. The first-order valence-electron chi connectivity index (χ1n) is 4.47. The zero-order chi connectivity index (χ0) is 10.7. The van der Waals surface area contributed by atoms with Crippen LogP contribution in [0.3, 0.4) is 0 Å². The van der Waals surface area contributed by atoms with E-state index in [1.807, 2.05) is 6.92 Å². The van der Waals surface area contributed by atoms with Crippen molar-refractivity contribution in [2.45, 2.75) is 19.8 Å². The number of allylic oxidation sites excluding steroid dienone is 1. The summed E-state index contributed by atoms with van der Waals surface area (Å²) >= 11 is 0. The Hall–Kier alpha value is -1.58. The number of anilines is 1. The molecule has 0 aromatic carbocycles. The summed E-state index contributed by atoms with van der Waals surface area (Å²) in [5.74, 6) is 0.454. The lowest BCUT2D eigenvalue weighted by Crippen LogP contribution is -2.04. The molecule has 1 aromatic rings. The first-order chi connectivity index (χ1) is 6.52. The average molecular weight is 193 g/mol. The van der Waals surface area contributed by atoms with Gasteiger partial charge in [0.05, 0.1) is 11.8 Å². The van der Waals surface area contributed by atoms with Crippen molar-refractivity contribution >= 4 is 11.6 Å². The molecule has 2 N–H and O–H groups in total. The Labute approximate surface area is 83.4 Å². The Kier molecular flexibility index (Phi) is 3.06. The van der Waals surface area contributed by atoms with Crippen LogP contribution in [0, 0.1) is 0 Å². The summed E-state index contributed by atoms with van der Waals surface area (Å²) in [6.07, 6.45) is 2.66. The van der Waals surface area contributed by atoms with Crippen LogP contribution in [0.15, 0.2) is 18.3 Å². The Bertz CT molecular complexity index is 365. The van der Waals surface area contributed by atoms with Crippen LogP contribution < -0.4 is 5.73 Å². The summed E-state index contributed by atoms with van der Waals surface area (Å²) in [5.41, 5.74) is 7.18. The Morgan fingerprint density at radius 2 is 2.29 bits per heavy atom. The molecule has 0 unspecified atom stereocenters. The van der Waals surface area contributed by atoms with Crippen LogP contribution in [0.1, 0.15) is 30.1 Å².